The molecule has 1 aromatic heterocycles. The van der Waals surface area contributed by atoms with Crippen LogP contribution in [0.25, 0.3) is 0 Å². The van der Waals surface area contributed by atoms with Crippen LogP contribution in [0.5, 0.6) is 0 Å². The minimum absolute atomic E-state index is 0.0672. The lowest BCUT2D eigenvalue weighted by atomic mass is 10.0. The first-order valence-electron chi connectivity index (χ1n) is 10.1. The van der Waals surface area contributed by atoms with Crippen molar-refractivity contribution in [2.24, 2.45) is 10.2 Å². The maximum atomic E-state index is 12.2. The van der Waals surface area contributed by atoms with Gasteiger partial charge >= 0.3 is 0 Å². The van der Waals surface area contributed by atoms with Gasteiger partial charge in [0.1, 0.15) is 5.82 Å². The van der Waals surface area contributed by atoms with Gasteiger partial charge in [0.25, 0.3) is 0 Å². The third-order valence-corrected chi connectivity index (χ3v) is 5.44. The Morgan fingerprint density at radius 2 is 2.00 bits per heavy atom. The fourth-order valence-electron chi connectivity index (χ4n) is 3.48. The van der Waals surface area contributed by atoms with Crippen LogP contribution in [0.4, 0.5) is 5.82 Å². The molecule has 1 N–H and O–H groups in total. The maximum Gasteiger partial charge on any atom is 0.225 e. The molecule has 7 nitrogen and oxygen atoms in total. The Morgan fingerprint density at radius 1 is 1.25 bits per heavy atom. The van der Waals surface area contributed by atoms with Crippen molar-refractivity contribution in [3.8, 4) is 12.3 Å². The highest BCUT2D eigenvalue weighted by Gasteiger charge is 2.39. The summed E-state index contributed by atoms with van der Waals surface area (Å²) in [7, 11) is 0. The number of aromatic nitrogens is 1. The molecule has 0 spiro atoms. The van der Waals surface area contributed by atoms with E-state index in [1.165, 1.54) is 5.56 Å². The van der Waals surface area contributed by atoms with Gasteiger partial charge in [-0.05, 0) is 25.5 Å². The molecule has 0 saturated carbocycles. The van der Waals surface area contributed by atoms with E-state index >= 15 is 0 Å². The molecule has 2 aliphatic heterocycles. The molecule has 7 heteroatoms. The molecule has 2 aliphatic rings. The van der Waals surface area contributed by atoms with E-state index in [0.717, 1.165) is 39.1 Å². The smallest absolute Gasteiger partial charge is 0.225 e. The molecular weight excluding hydrogens is 352 g/mol. The predicted molar refractivity (Wildman–Crippen MR) is 110 cm³/mol. The molecular formula is C21H30N6O. The fourth-order valence-corrected chi connectivity index (χ4v) is 3.48. The molecule has 0 aromatic carbocycles. The zero-order chi connectivity index (χ0) is 20.0. The van der Waals surface area contributed by atoms with Crippen molar-refractivity contribution < 1.29 is 4.79 Å². The Balaban J connectivity index is 1.40. The molecule has 1 aromatic rings. The SMILES string of the molecule is C#CCCC1(CCC(=O)Nc2ccc(CN3CCN(C(C)C)CC3)cn2)N=N1. The van der Waals surface area contributed by atoms with Crippen LogP contribution in [0.2, 0.25) is 0 Å². The first-order valence-corrected chi connectivity index (χ1v) is 10.1. The first-order chi connectivity index (χ1) is 13.5. The number of hydrogen-bond acceptors (Lipinski definition) is 6. The molecule has 0 bridgehead atoms. The normalized spacial score (nSPS) is 18.8. The number of carbonyl (C=O) groups excluding carboxylic acids is 1. The van der Waals surface area contributed by atoms with E-state index in [9.17, 15) is 4.79 Å². The van der Waals surface area contributed by atoms with E-state index in [4.69, 9.17) is 6.42 Å². The minimum Gasteiger partial charge on any atom is -0.311 e. The largest absolute Gasteiger partial charge is 0.311 e. The quantitative estimate of drug-likeness (QED) is 0.667. The molecule has 0 unspecified atom stereocenters. The highest BCUT2D eigenvalue weighted by Crippen LogP contribution is 2.37. The molecule has 3 heterocycles. The molecule has 28 heavy (non-hydrogen) atoms. The van der Waals surface area contributed by atoms with Gasteiger partial charge in [0, 0.05) is 70.6 Å². The van der Waals surface area contributed by atoms with Crippen LogP contribution in [0.1, 0.15) is 45.1 Å². The summed E-state index contributed by atoms with van der Waals surface area (Å²) in [5.41, 5.74) is 0.750. The van der Waals surface area contributed by atoms with Gasteiger partial charge in [-0.3, -0.25) is 14.6 Å². The van der Waals surface area contributed by atoms with Gasteiger partial charge in [-0.15, -0.1) is 12.3 Å². The van der Waals surface area contributed by atoms with Gasteiger partial charge in [-0.2, -0.15) is 10.2 Å². The first kappa shape index (κ1) is 20.4. The second kappa shape index (κ2) is 9.26. The van der Waals surface area contributed by atoms with Crippen molar-refractivity contribution in [1.29, 1.82) is 0 Å². The summed E-state index contributed by atoms with van der Waals surface area (Å²) in [6, 6.07) is 4.52. The number of carbonyl (C=O) groups is 1. The van der Waals surface area contributed by atoms with Crippen LogP contribution in [-0.2, 0) is 11.3 Å². The summed E-state index contributed by atoms with van der Waals surface area (Å²) in [5, 5.41) is 11.0. The number of anilines is 1. The number of nitrogens with one attached hydrogen (secondary N) is 1. The minimum atomic E-state index is -0.416. The average molecular weight is 383 g/mol. The summed E-state index contributed by atoms with van der Waals surface area (Å²) in [5.74, 6) is 3.11. The summed E-state index contributed by atoms with van der Waals surface area (Å²) < 4.78 is 0. The van der Waals surface area contributed by atoms with E-state index in [-0.39, 0.29) is 5.91 Å². The second-order valence-corrected chi connectivity index (χ2v) is 7.89. The zero-order valence-electron chi connectivity index (χ0n) is 16.9. The summed E-state index contributed by atoms with van der Waals surface area (Å²) >= 11 is 0. The lowest BCUT2D eigenvalue weighted by Crippen LogP contribution is -2.48. The number of terminal acetylenes is 1. The van der Waals surface area contributed by atoms with Crippen molar-refractivity contribution >= 4 is 11.7 Å². The van der Waals surface area contributed by atoms with Gasteiger partial charge in [-0.25, -0.2) is 4.98 Å². The zero-order valence-corrected chi connectivity index (χ0v) is 16.9. The van der Waals surface area contributed by atoms with Gasteiger partial charge in [-0.1, -0.05) is 6.07 Å². The van der Waals surface area contributed by atoms with Crippen molar-refractivity contribution in [2.75, 3.05) is 31.5 Å². The van der Waals surface area contributed by atoms with E-state index < -0.39 is 5.66 Å². The summed E-state index contributed by atoms with van der Waals surface area (Å²) in [6.45, 7) is 9.77. The third kappa shape index (κ3) is 5.85. The number of piperazine rings is 1. The number of rotatable bonds is 9. The van der Waals surface area contributed by atoms with Gasteiger partial charge < -0.3 is 5.32 Å². The highest BCUT2D eigenvalue weighted by atomic mass is 16.1. The Kier molecular flexibility index (Phi) is 6.76. The van der Waals surface area contributed by atoms with E-state index in [1.54, 1.807) is 0 Å². The number of hydrogen-bond donors (Lipinski definition) is 1. The Labute approximate surface area is 167 Å². The van der Waals surface area contributed by atoms with Crippen molar-refractivity contribution in [3.05, 3.63) is 23.9 Å². The van der Waals surface area contributed by atoms with Crippen LogP contribution < -0.4 is 5.32 Å². The molecule has 150 valence electrons. The number of nitrogens with zero attached hydrogens (tertiary/aromatic N) is 5. The molecule has 1 fully saturated rings. The highest BCUT2D eigenvalue weighted by molar-refractivity contribution is 5.89. The molecule has 0 atom stereocenters. The molecule has 1 saturated heterocycles. The van der Waals surface area contributed by atoms with Gasteiger partial charge in [0.2, 0.25) is 5.91 Å². The average Bonchev–Trinajstić information content (AvgIpc) is 3.47. The lowest BCUT2D eigenvalue weighted by Gasteiger charge is -2.36. The van der Waals surface area contributed by atoms with Crippen LogP contribution in [0.15, 0.2) is 28.6 Å². The Morgan fingerprint density at radius 3 is 2.57 bits per heavy atom. The molecule has 0 radical (unpaired) electrons. The molecule has 1 amide bonds. The van der Waals surface area contributed by atoms with Crippen LogP contribution in [0, 0.1) is 12.3 Å². The maximum absolute atomic E-state index is 12.2. The van der Waals surface area contributed by atoms with E-state index in [1.807, 2.05) is 18.3 Å². The molecule has 3 rings (SSSR count). The summed E-state index contributed by atoms with van der Waals surface area (Å²) in [4.78, 5) is 21.5. The second-order valence-electron chi connectivity index (χ2n) is 7.89. The topological polar surface area (TPSA) is 73.2 Å². The van der Waals surface area contributed by atoms with Crippen LogP contribution >= 0.6 is 0 Å². The number of amides is 1. The standard InChI is InChI=1S/C21H30N6O/c1-4-5-9-21(24-25-21)10-8-20(28)23-19-7-6-18(15-22-19)16-26-11-13-27(14-12-26)17(2)3/h1,6-7,15,17H,5,8-14,16H2,2-3H3,(H,22,23,28). The Hall–Kier alpha value is -2.30. The van der Waals surface area contributed by atoms with Gasteiger partial charge in [0.15, 0.2) is 5.66 Å². The fraction of sp³-hybridized carbons (Fsp3) is 0.619. The monoisotopic (exact) mass is 382 g/mol. The van der Waals surface area contributed by atoms with E-state index in [0.29, 0.717) is 31.1 Å². The number of pyridine rings is 1. The van der Waals surface area contributed by atoms with Crippen LogP contribution in [0.3, 0.4) is 0 Å². The van der Waals surface area contributed by atoms with Crippen molar-refractivity contribution in [3.63, 3.8) is 0 Å². The van der Waals surface area contributed by atoms with Gasteiger partial charge in [0.05, 0.1) is 0 Å². The van der Waals surface area contributed by atoms with E-state index in [2.05, 4.69) is 50.1 Å². The summed E-state index contributed by atoms with van der Waals surface area (Å²) in [6.07, 6.45) is 9.44. The van der Waals surface area contributed by atoms with Crippen molar-refractivity contribution in [1.82, 2.24) is 14.8 Å². The lowest BCUT2D eigenvalue weighted by molar-refractivity contribution is -0.116. The van der Waals surface area contributed by atoms with Crippen molar-refractivity contribution in [2.45, 2.75) is 57.8 Å². The van der Waals surface area contributed by atoms with Crippen LogP contribution in [-0.4, -0.2) is 58.6 Å². The third-order valence-electron chi connectivity index (χ3n) is 5.44. The predicted octanol–water partition coefficient (Wildman–Crippen LogP) is 2.90. The molecule has 0 aliphatic carbocycles. The Bertz CT molecular complexity index is 722.